The second-order valence-electron chi connectivity index (χ2n) is 6.58. The molecule has 1 aromatic rings. The van der Waals surface area contributed by atoms with Gasteiger partial charge >= 0.3 is 0 Å². The van der Waals surface area contributed by atoms with E-state index in [2.05, 4.69) is 48.5 Å². The Morgan fingerprint density at radius 2 is 2.10 bits per heavy atom. The Morgan fingerprint density at radius 1 is 1.35 bits per heavy atom. The van der Waals surface area contributed by atoms with E-state index in [4.69, 9.17) is 0 Å². The highest BCUT2D eigenvalue weighted by atomic mass is 32.1. The van der Waals surface area contributed by atoms with Crippen LogP contribution in [0.2, 0.25) is 0 Å². The maximum absolute atomic E-state index is 3.53. The van der Waals surface area contributed by atoms with Crippen molar-refractivity contribution in [2.24, 2.45) is 5.41 Å². The molecule has 1 N–H and O–H groups in total. The Kier molecular flexibility index (Phi) is 6.06. The van der Waals surface area contributed by atoms with E-state index in [9.17, 15) is 0 Å². The van der Waals surface area contributed by atoms with Crippen molar-refractivity contribution in [1.82, 2.24) is 10.2 Å². The molecule has 0 aromatic carbocycles. The SMILES string of the molecule is CCCC1(CN(Cc2cccs2)C(C)C)CCNCC1. The lowest BCUT2D eigenvalue weighted by atomic mass is 9.74. The van der Waals surface area contributed by atoms with Crippen LogP contribution in [0.4, 0.5) is 0 Å². The molecule has 2 nitrogen and oxygen atoms in total. The van der Waals surface area contributed by atoms with Gasteiger partial charge in [0.05, 0.1) is 0 Å². The smallest absolute Gasteiger partial charge is 0.0330 e. The van der Waals surface area contributed by atoms with E-state index in [0.717, 1.165) is 6.54 Å². The molecule has 2 heterocycles. The maximum atomic E-state index is 3.53. The van der Waals surface area contributed by atoms with Gasteiger partial charge < -0.3 is 5.32 Å². The number of hydrogen-bond donors (Lipinski definition) is 1. The first kappa shape index (κ1) is 16.0. The number of rotatable bonds is 7. The fraction of sp³-hybridized carbons (Fsp3) is 0.765. The van der Waals surface area contributed by atoms with E-state index in [1.165, 1.54) is 50.2 Å². The highest BCUT2D eigenvalue weighted by Crippen LogP contribution is 2.36. The summed E-state index contributed by atoms with van der Waals surface area (Å²) in [5, 5.41) is 5.72. The Bertz CT molecular complexity index is 361. The van der Waals surface area contributed by atoms with Crippen LogP contribution in [-0.4, -0.2) is 30.6 Å². The van der Waals surface area contributed by atoms with Crippen LogP contribution in [0.5, 0.6) is 0 Å². The summed E-state index contributed by atoms with van der Waals surface area (Å²) in [6.07, 6.45) is 5.37. The minimum atomic E-state index is 0.543. The van der Waals surface area contributed by atoms with Crippen LogP contribution in [0.25, 0.3) is 0 Å². The number of thiophene rings is 1. The average molecular weight is 295 g/mol. The van der Waals surface area contributed by atoms with Crippen LogP contribution >= 0.6 is 11.3 Å². The molecule has 20 heavy (non-hydrogen) atoms. The molecule has 114 valence electrons. The van der Waals surface area contributed by atoms with Crippen molar-refractivity contribution in [3.8, 4) is 0 Å². The third kappa shape index (κ3) is 4.31. The summed E-state index contributed by atoms with van der Waals surface area (Å²) >= 11 is 1.89. The van der Waals surface area contributed by atoms with Gasteiger partial charge in [-0.15, -0.1) is 11.3 Å². The molecule has 1 saturated heterocycles. The summed E-state index contributed by atoms with van der Waals surface area (Å²) in [5.41, 5.74) is 0.543. The molecule has 0 aliphatic carbocycles. The topological polar surface area (TPSA) is 15.3 Å². The van der Waals surface area contributed by atoms with Crippen molar-refractivity contribution in [3.05, 3.63) is 22.4 Å². The molecule has 0 bridgehead atoms. The summed E-state index contributed by atoms with van der Waals surface area (Å²) in [5.74, 6) is 0. The molecule has 0 amide bonds. The summed E-state index contributed by atoms with van der Waals surface area (Å²) in [6, 6.07) is 5.07. The fourth-order valence-corrected chi connectivity index (χ4v) is 4.16. The van der Waals surface area contributed by atoms with Gasteiger partial charge in [-0.1, -0.05) is 19.4 Å². The van der Waals surface area contributed by atoms with Gasteiger partial charge in [-0.3, -0.25) is 4.90 Å². The zero-order chi connectivity index (χ0) is 14.4. The second kappa shape index (κ2) is 7.58. The highest BCUT2D eigenvalue weighted by Gasteiger charge is 2.33. The van der Waals surface area contributed by atoms with Gasteiger partial charge in [-0.2, -0.15) is 0 Å². The molecule has 0 unspecified atom stereocenters. The molecular weight excluding hydrogens is 264 g/mol. The lowest BCUT2D eigenvalue weighted by Crippen LogP contribution is -2.46. The predicted octanol–water partition coefficient (Wildman–Crippen LogP) is 4.13. The summed E-state index contributed by atoms with van der Waals surface area (Å²) in [6.45, 7) is 11.8. The number of hydrogen-bond acceptors (Lipinski definition) is 3. The quantitative estimate of drug-likeness (QED) is 0.813. The van der Waals surface area contributed by atoms with E-state index < -0.39 is 0 Å². The van der Waals surface area contributed by atoms with Crippen molar-refractivity contribution in [3.63, 3.8) is 0 Å². The van der Waals surface area contributed by atoms with Gasteiger partial charge in [0, 0.05) is 24.0 Å². The van der Waals surface area contributed by atoms with E-state index in [1.54, 1.807) is 0 Å². The first-order valence-electron chi connectivity index (χ1n) is 8.12. The first-order valence-corrected chi connectivity index (χ1v) is 9.00. The van der Waals surface area contributed by atoms with Gasteiger partial charge in [-0.25, -0.2) is 0 Å². The summed E-state index contributed by atoms with van der Waals surface area (Å²) in [4.78, 5) is 4.19. The highest BCUT2D eigenvalue weighted by molar-refractivity contribution is 7.09. The monoisotopic (exact) mass is 294 g/mol. The summed E-state index contributed by atoms with van der Waals surface area (Å²) < 4.78 is 0. The van der Waals surface area contributed by atoms with Crippen LogP contribution in [0, 0.1) is 5.41 Å². The minimum Gasteiger partial charge on any atom is -0.317 e. The van der Waals surface area contributed by atoms with E-state index >= 15 is 0 Å². The second-order valence-corrected chi connectivity index (χ2v) is 7.61. The first-order chi connectivity index (χ1) is 9.65. The zero-order valence-electron chi connectivity index (χ0n) is 13.3. The molecule has 0 atom stereocenters. The lowest BCUT2D eigenvalue weighted by Gasteiger charge is -2.43. The molecule has 1 fully saturated rings. The van der Waals surface area contributed by atoms with Crippen LogP contribution in [-0.2, 0) is 6.54 Å². The average Bonchev–Trinajstić information content (AvgIpc) is 2.92. The Labute approximate surface area is 128 Å². The molecule has 0 spiro atoms. The molecular formula is C17H30N2S. The van der Waals surface area contributed by atoms with Crippen LogP contribution < -0.4 is 5.32 Å². The van der Waals surface area contributed by atoms with Crippen molar-refractivity contribution in [1.29, 1.82) is 0 Å². The normalized spacial score (nSPS) is 18.9. The van der Waals surface area contributed by atoms with Gasteiger partial charge in [-0.05, 0) is 63.1 Å². The molecule has 1 aliphatic heterocycles. The van der Waals surface area contributed by atoms with E-state index in [0.29, 0.717) is 11.5 Å². The molecule has 1 aliphatic rings. The van der Waals surface area contributed by atoms with Crippen LogP contribution in [0.15, 0.2) is 17.5 Å². The zero-order valence-corrected chi connectivity index (χ0v) is 14.1. The predicted molar refractivity (Wildman–Crippen MR) is 89.3 cm³/mol. The summed E-state index contributed by atoms with van der Waals surface area (Å²) in [7, 11) is 0. The Balaban J connectivity index is 2.04. The third-order valence-electron chi connectivity index (χ3n) is 4.65. The van der Waals surface area contributed by atoms with Gasteiger partial charge in [0.15, 0.2) is 0 Å². The number of nitrogens with zero attached hydrogens (tertiary/aromatic N) is 1. The van der Waals surface area contributed by atoms with Gasteiger partial charge in [0.1, 0.15) is 0 Å². The molecule has 0 radical (unpaired) electrons. The Morgan fingerprint density at radius 3 is 2.65 bits per heavy atom. The fourth-order valence-electron chi connectivity index (χ4n) is 3.43. The molecule has 3 heteroatoms. The van der Waals surface area contributed by atoms with Crippen molar-refractivity contribution in [2.75, 3.05) is 19.6 Å². The number of nitrogens with one attached hydrogen (secondary N) is 1. The van der Waals surface area contributed by atoms with Gasteiger partial charge in [0.25, 0.3) is 0 Å². The minimum absolute atomic E-state index is 0.543. The molecule has 2 rings (SSSR count). The van der Waals surface area contributed by atoms with E-state index in [-0.39, 0.29) is 0 Å². The van der Waals surface area contributed by atoms with E-state index in [1.807, 2.05) is 11.3 Å². The lowest BCUT2D eigenvalue weighted by molar-refractivity contribution is 0.0774. The molecule has 1 aromatic heterocycles. The van der Waals surface area contributed by atoms with Crippen molar-refractivity contribution < 1.29 is 0 Å². The van der Waals surface area contributed by atoms with Crippen molar-refractivity contribution >= 4 is 11.3 Å². The van der Waals surface area contributed by atoms with Crippen LogP contribution in [0.3, 0.4) is 0 Å². The molecule has 0 saturated carbocycles. The third-order valence-corrected chi connectivity index (χ3v) is 5.51. The van der Waals surface area contributed by atoms with Gasteiger partial charge in [0.2, 0.25) is 0 Å². The van der Waals surface area contributed by atoms with Crippen LogP contribution in [0.1, 0.15) is 51.3 Å². The van der Waals surface area contributed by atoms with Crippen molar-refractivity contribution in [2.45, 2.75) is 59.0 Å². The number of piperidine rings is 1. The largest absolute Gasteiger partial charge is 0.317 e. The maximum Gasteiger partial charge on any atom is 0.0330 e. The Hall–Kier alpha value is -0.380. The standard InChI is InChI=1S/C17H30N2S/c1-4-7-17(8-10-18-11-9-17)14-19(15(2)3)13-16-6-5-12-20-16/h5-6,12,15,18H,4,7-11,13-14H2,1-3H3.